The largest absolute Gasteiger partial charge is 0.393 e. The van der Waals surface area contributed by atoms with E-state index in [-0.39, 0.29) is 29.4 Å². The number of nitro groups is 1. The summed E-state index contributed by atoms with van der Waals surface area (Å²) in [6.45, 7) is 3.65. The molecule has 0 saturated heterocycles. The summed E-state index contributed by atoms with van der Waals surface area (Å²) in [4.78, 5) is 36.1. The highest BCUT2D eigenvalue weighted by molar-refractivity contribution is 6.00. The third-order valence-electron chi connectivity index (χ3n) is 4.08. The second-order valence-electron chi connectivity index (χ2n) is 5.99. The lowest BCUT2D eigenvalue weighted by molar-refractivity contribution is -0.383. The Labute approximate surface area is 150 Å². The van der Waals surface area contributed by atoms with Crippen molar-refractivity contribution in [3.05, 3.63) is 63.2 Å². The predicted molar refractivity (Wildman–Crippen MR) is 99.0 cm³/mol. The van der Waals surface area contributed by atoms with Crippen molar-refractivity contribution in [3.63, 3.8) is 0 Å². The molecule has 136 valence electrons. The average molecular weight is 356 g/mol. The smallest absolute Gasteiger partial charge is 0.292 e. The van der Waals surface area contributed by atoms with Gasteiger partial charge in [0.15, 0.2) is 0 Å². The number of carbonyl (C=O) groups excluding carboxylic acids is 2. The van der Waals surface area contributed by atoms with Crippen LogP contribution < -0.4 is 11.1 Å². The maximum Gasteiger partial charge on any atom is 0.292 e. The normalized spacial score (nSPS) is 10.3. The van der Waals surface area contributed by atoms with E-state index in [1.54, 1.807) is 6.07 Å². The van der Waals surface area contributed by atoms with Crippen molar-refractivity contribution in [3.8, 4) is 0 Å². The molecule has 2 amide bonds. The van der Waals surface area contributed by atoms with E-state index < -0.39 is 10.8 Å². The predicted octanol–water partition coefficient (Wildman–Crippen LogP) is 2.50. The van der Waals surface area contributed by atoms with E-state index >= 15 is 0 Å². The van der Waals surface area contributed by atoms with Crippen molar-refractivity contribution in [2.24, 2.45) is 0 Å². The zero-order valence-electron chi connectivity index (χ0n) is 14.8. The highest BCUT2D eigenvalue weighted by Crippen LogP contribution is 2.23. The molecule has 0 atom stereocenters. The summed E-state index contributed by atoms with van der Waals surface area (Å²) in [6, 6.07) is 9.36. The molecule has 2 rings (SSSR count). The second kappa shape index (κ2) is 7.64. The summed E-state index contributed by atoms with van der Waals surface area (Å²) in [5.41, 5.74) is 7.92. The number of hydrogen-bond acceptors (Lipinski definition) is 5. The highest BCUT2D eigenvalue weighted by Gasteiger charge is 2.20. The van der Waals surface area contributed by atoms with Gasteiger partial charge in [-0.2, -0.15) is 0 Å². The van der Waals surface area contributed by atoms with Gasteiger partial charge in [-0.05, 0) is 43.2 Å². The quantitative estimate of drug-likeness (QED) is 0.485. The molecule has 0 heterocycles. The van der Waals surface area contributed by atoms with E-state index in [9.17, 15) is 19.7 Å². The SMILES string of the molecule is Cc1cccc(NC(=O)CN(C)C(=O)c2ccc(N)c([N+](=O)[O-])c2)c1C. The van der Waals surface area contributed by atoms with E-state index in [4.69, 9.17) is 5.73 Å². The molecule has 0 unspecified atom stereocenters. The number of nitro benzene ring substituents is 1. The Bertz CT molecular complexity index is 879. The minimum absolute atomic E-state index is 0.0260. The number of carbonyl (C=O) groups is 2. The Hall–Kier alpha value is -3.42. The Morgan fingerprint density at radius 2 is 1.92 bits per heavy atom. The first-order valence-corrected chi connectivity index (χ1v) is 7.86. The topological polar surface area (TPSA) is 119 Å². The summed E-state index contributed by atoms with van der Waals surface area (Å²) in [5, 5.41) is 13.7. The van der Waals surface area contributed by atoms with Gasteiger partial charge in [-0.25, -0.2) is 0 Å². The van der Waals surface area contributed by atoms with Gasteiger partial charge < -0.3 is 16.0 Å². The Balaban J connectivity index is 2.09. The van der Waals surface area contributed by atoms with Crippen molar-refractivity contribution in [1.82, 2.24) is 4.90 Å². The lowest BCUT2D eigenvalue weighted by Crippen LogP contribution is -2.35. The molecule has 0 fully saturated rings. The van der Waals surface area contributed by atoms with Crippen LogP contribution in [0.5, 0.6) is 0 Å². The first kappa shape index (κ1) is 18.9. The molecular weight excluding hydrogens is 336 g/mol. The number of aryl methyl sites for hydroxylation is 1. The van der Waals surface area contributed by atoms with E-state index in [1.165, 1.54) is 24.1 Å². The summed E-state index contributed by atoms with van der Waals surface area (Å²) in [7, 11) is 1.45. The van der Waals surface area contributed by atoms with Crippen molar-refractivity contribution in [1.29, 1.82) is 0 Å². The second-order valence-corrected chi connectivity index (χ2v) is 5.99. The Kier molecular flexibility index (Phi) is 5.56. The van der Waals surface area contributed by atoms with E-state index in [0.717, 1.165) is 17.2 Å². The number of amides is 2. The third-order valence-corrected chi connectivity index (χ3v) is 4.08. The molecule has 0 aromatic heterocycles. The lowest BCUT2D eigenvalue weighted by Gasteiger charge is -2.18. The Morgan fingerprint density at radius 1 is 1.23 bits per heavy atom. The first-order valence-electron chi connectivity index (χ1n) is 7.86. The highest BCUT2D eigenvalue weighted by atomic mass is 16.6. The summed E-state index contributed by atoms with van der Waals surface area (Å²) in [6.07, 6.45) is 0. The fourth-order valence-corrected chi connectivity index (χ4v) is 2.42. The minimum atomic E-state index is -0.653. The summed E-state index contributed by atoms with van der Waals surface area (Å²) < 4.78 is 0. The zero-order valence-corrected chi connectivity index (χ0v) is 14.8. The van der Waals surface area contributed by atoms with Crippen molar-refractivity contribution < 1.29 is 14.5 Å². The van der Waals surface area contributed by atoms with E-state index in [2.05, 4.69) is 5.32 Å². The molecule has 2 aromatic rings. The van der Waals surface area contributed by atoms with Gasteiger partial charge in [0.05, 0.1) is 11.5 Å². The summed E-state index contributed by atoms with van der Waals surface area (Å²) >= 11 is 0. The van der Waals surface area contributed by atoms with Crippen LogP contribution in [0, 0.1) is 24.0 Å². The van der Waals surface area contributed by atoms with Crippen LogP contribution in [0.25, 0.3) is 0 Å². The van der Waals surface area contributed by atoms with Crippen LogP contribution in [-0.4, -0.2) is 35.2 Å². The van der Waals surface area contributed by atoms with Crippen molar-refractivity contribution >= 4 is 28.9 Å². The molecule has 0 aliphatic heterocycles. The fraction of sp³-hybridized carbons (Fsp3) is 0.222. The number of nitrogens with one attached hydrogen (secondary N) is 1. The van der Waals surface area contributed by atoms with Gasteiger partial charge in [0, 0.05) is 24.4 Å². The van der Waals surface area contributed by atoms with Gasteiger partial charge in [0.2, 0.25) is 5.91 Å². The monoisotopic (exact) mass is 356 g/mol. The molecular formula is C18H20N4O4. The van der Waals surface area contributed by atoms with Gasteiger partial charge in [-0.1, -0.05) is 12.1 Å². The van der Waals surface area contributed by atoms with Crippen LogP contribution in [0.2, 0.25) is 0 Å². The molecule has 0 spiro atoms. The van der Waals surface area contributed by atoms with Crippen LogP contribution in [0.3, 0.4) is 0 Å². The van der Waals surface area contributed by atoms with Gasteiger partial charge in [0.25, 0.3) is 11.6 Å². The first-order chi connectivity index (χ1) is 12.2. The fourth-order valence-electron chi connectivity index (χ4n) is 2.42. The van der Waals surface area contributed by atoms with E-state index in [1.807, 2.05) is 26.0 Å². The number of benzene rings is 2. The molecule has 0 aliphatic rings. The van der Waals surface area contributed by atoms with Gasteiger partial charge >= 0.3 is 0 Å². The van der Waals surface area contributed by atoms with Gasteiger partial charge in [0.1, 0.15) is 5.69 Å². The van der Waals surface area contributed by atoms with Gasteiger partial charge in [-0.3, -0.25) is 19.7 Å². The van der Waals surface area contributed by atoms with Crippen molar-refractivity contribution in [2.45, 2.75) is 13.8 Å². The molecule has 8 heteroatoms. The molecule has 0 aliphatic carbocycles. The van der Waals surface area contributed by atoms with E-state index in [0.29, 0.717) is 5.69 Å². The van der Waals surface area contributed by atoms with Gasteiger partial charge in [-0.15, -0.1) is 0 Å². The number of nitrogens with two attached hydrogens (primary N) is 1. The van der Waals surface area contributed by atoms with Crippen LogP contribution in [0.4, 0.5) is 17.1 Å². The molecule has 8 nitrogen and oxygen atoms in total. The number of anilines is 2. The molecule has 0 radical (unpaired) electrons. The molecule has 0 bridgehead atoms. The third kappa shape index (κ3) is 4.15. The van der Waals surface area contributed by atoms with Crippen LogP contribution in [0.1, 0.15) is 21.5 Å². The number of hydrogen-bond donors (Lipinski definition) is 2. The number of rotatable bonds is 5. The number of nitrogen functional groups attached to an aromatic ring is 1. The molecule has 2 aromatic carbocycles. The minimum Gasteiger partial charge on any atom is -0.393 e. The number of likely N-dealkylation sites (N-methyl/N-ethyl adjacent to an activating group) is 1. The molecule has 3 N–H and O–H groups in total. The van der Waals surface area contributed by atoms with Crippen LogP contribution >= 0.6 is 0 Å². The maximum atomic E-state index is 12.4. The summed E-state index contributed by atoms with van der Waals surface area (Å²) in [5.74, 6) is -0.872. The lowest BCUT2D eigenvalue weighted by atomic mass is 10.1. The standard InChI is InChI=1S/C18H20N4O4/c1-11-5-4-6-15(12(11)2)20-17(23)10-21(3)18(24)13-7-8-14(19)16(9-13)22(25)26/h4-9H,10,19H2,1-3H3,(H,20,23). The molecule has 26 heavy (non-hydrogen) atoms. The maximum absolute atomic E-state index is 12.4. The van der Waals surface area contributed by atoms with Crippen LogP contribution in [-0.2, 0) is 4.79 Å². The molecule has 0 saturated carbocycles. The van der Waals surface area contributed by atoms with Crippen LogP contribution in [0.15, 0.2) is 36.4 Å². The van der Waals surface area contributed by atoms with Crippen molar-refractivity contribution in [2.75, 3.05) is 24.6 Å². The zero-order chi connectivity index (χ0) is 19.4. The number of nitrogens with zero attached hydrogens (tertiary/aromatic N) is 2. The Morgan fingerprint density at radius 3 is 2.58 bits per heavy atom. The average Bonchev–Trinajstić information content (AvgIpc) is 2.58.